The van der Waals surface area contributed by atoms with Gasteiger partial charge in [-0.25, -0.2) is 4.39 Å². The number of ketones is 1. The topological polar surface area (TPSA) is 46.5 Å². The van der Waals surface area contributed by atoms with Gasteiger partial charge in [-0.15, -0.1) is 0 Å². The third-order valence-electron chi connectivity index (χ3n) is 2.88. The Balaban J connectivity index is 2.26. The van der Waals surface area contributed by atoms with Crippen LogP contribution in [0.25, 0.3) is 0 Å². The van der Waals surface area contributed by atoms with Crippen LogP contribution in [0.5, 0.6) is 11.5 Å². The molecule has 1 N–H and O–H groups in total. The van der Waals surface area contributed by atoms with Crippen LogP contribution in [0.1, 0.15) is 22.8 Å². The molecule has 4 heteroatoms. The first kappa shape index (κ1) is 14.2. The number of halogens is 1. The summed E-state index contributed by atoms with van der Waals surface area (Å²) in [5, 5.41) is 8.84. The van der Waals surface area contributed by atoms with Gasteiger partial charge in [0.25, 0.3) is 0 Å². The Bertz CT molecular complexity index is 606. The molecule has 0 fully saturated rings. The van der Waals surface area contributed by atoms with Crippen molar-refractivity contribution in [3.63, 3.8) is 0 Å². The lowest BCUT2D eigenvalue weighted by Crippen LogP contribution is -2.01. The fourth-order valence-electron chi connectivity index (χ4n) is 1.91. The zero-order valence-electron chi connectivity index (χ0n) is 11.1. The summed E-state index contributed by atoms with van der Waals surface area (Å²) in [5.41, 5.74) is 0.929. The number of hydrogen-bond acceptors (Lipinski definition) is 3. The molecule has 3 nitrogen and oxygen atoms in total. The number of carbonyl (C=O) groups is 1. The molecule has 0 radical (unpaired) electrons. The molecule has 0 saturated carbocycles. The quantitative estimate of drug-likeness (QED) is 0.850. The van der Waals surface area contributed by atoms with Crippen molar-refractivity contribution in [3.8, 4) is 11.5 Å². The van der Waals surface area contributed by atoms with Gasteiger partial charge in [0.2, 0.25) is 0 Å². The molecule has 104 valence electrons. The second-order valence-electron chi connectivity index (χ2n) is 4.39. The van der Waals surface area contributed by atoms with Crippen molar-refractivity contribution >= 4 is 5.78 Å². The second-order valence-corrected chi connectivity index (χ2v) is 4.39. The monoisotopic (exact) mass is 274 g/mol. The average Bonchev–Trinajstić information content (AvgIpc) is 2.41. The predicted molar refractivity (Wildman–Crippen MR) is 73.7 cm³/mol. The van der Waals surface area contributed by atoms with E-state index < -0.39 is 5.82 Å². The number of aliphatic hydroxyl groups is 1. The van der Waals surface area contributed by atoms with Crippen molar-refractivity contribution in [1.29, 1.82) is 0 Å². The fourth-order valence-corrected chi connectivity index (χ4v) is 1.91. The van der Waals surface area contributed by atoms with Crippen LogP contribution in [0, 0.1) is 5.82 Å². The highest BCUT2D eigenvalue weighted by Gasteiger charge is 2.14. The van der Waals surface area contributed by atoms with Crippen LogP contribution in [0.3, 0.4) is 0 Å². The fraction of sp³-hybridized carbons (Fsp3) is 0.188. The van der Waals surface area contributed by atoms with Crippen LogP contribution < -0.4 is 4.74 Å². The molecule has 20 heavy (non-hydrogen) atoms. The van der Waals surface area contributed by atoms with Crippen molar-refractivity contribution in [2.24, 2.45) is 0 Å². The average molecular weight is 274 g/mol. The number of rotatable bonds is 5. The molecular formula is C16H15FO3. The molecule has 0 aliphatic rings. The zero-order valence-corrected chi connectivity index (χ0v) is 11.1. The highest BCUT2D eigenvalue weighted by atomic mass is 19.1. The maximum Gasteiger partial charge on any atom is 0.166 e. The number of aliphatic hydroxyl groups excluding tert-OH is 1. The molecule has 2 aromatic rings. The third-order valence-corrected chi connectivity index (χ3v) is 2.88. The van der Waals surface area contributed by atoms with Gasteiger partial charge >= 0.3 is 0 Å². The number of ether oxygens (including phenoxy) is 1. The van der Waals surface area contributed by atoms with Gasteiger partial charge in [0.15, 0.2) is 5.78 Å². The van der Waals surface area contributed by atoms with Crippen molar-refractivity contribution in [1.82, 2.24) is 0 Å². The lowest BCUT2D eigenvalue weighted by atomic mass is 10.1. The number of carbonyl (C=O) groups excluding carboxylic acids is 1. The Hall–Kier alpha value is -2.20. The molecule has 2 rings (SSSR count). The zero-order chi connectivity index (χ0) is 14.5. The van der Waals surface area contributed by atoms with E-state index in [4.69, 9.17) is 9.84 Å². The van der Waals surface area contributed by atoms with Gasteiger partial charge in [0.05, 0.1) is 5.56 Å². The van der Waals surface area contributed by atoms with Crippen LogP contribution >= 0.6 is 0 Å². The van der Waals surface area contributed by atoms with Crippen LogP contribution in [0.2, 0.25) is 0 Å². The smallest absolute Gasteiger partial charge is 0.166 e. The largest absolute Gasteiger partial charge is 0.457 e. The normalized spacial score (nSPS) is 10.3. The summed E-state index contributed by atoms with van der Waals surface area (Å²) in [6.45, 7) is 1.38. The first-order valence-corrected chi connectivity index (χ1v) is 6.29. The summed E-state index contributed by atoms with van der Waals surface area (Å²) < 4.78 is 19.2. The van der Waals surface area contributed by atoms with Crippen molar-refractivity contribution in [3.05, 3.63) is 59.4 Å². The Kier molecular flexibility index (Phi) is 4.48. The van der Waals surface area contributed by atoms with Gasteiger partial charge in [-0.05, 0) is 43.2 Å². The van der Waals surface area contributed by atoms with Gasteiger partial charge in [-0.1, -0.05) is 18.2 Å². The molecule has 0 spiro atoms. The molecule has 0 amide bonds. The minimum Gasteiger partial charge on any atom is -0.457 e. The SMILES string of the molecule is CC(=O)c1c(F)cccc1Oc1ccc(CCO)cc1. The molecule has 0 unspecified atom stereocenters. The summed E-state index contributed by atoms with van der Waals surface area (Å²) in [5.74, 6) is -0.255. The molecule has 0 aliphatic carbocycles. The minimum atomic E-state index is -0.591. The lowest BCUT2D eigenvalue weighted by Gasteiger charge is -2.10. The van der Waals surface area contributed by atoms with E-state index >= 15 is 0 Å². The molecule has 0 heterocycles. The number of Topliss-reactive ketones (excluding diaryl/α,β-unsaturated/α-hetero) is 1. The van der Waals surface area contributed by atoms with E-state index in [2.05, 4.69) is 0 Å². The summed E-state index contributed by atoms with van der Waals surface area (Å²) in [6.07, 6.45) is 0.568. The van der Waals surface area contributed by atoms with Gasteiger partial charge in [0, 0.05) is 6.61 Å². The highest BCUT2D eigenvalue weighted by Crippen LogP contribution is 2.27. The van der Waals surface area contributed by atoms with E-state index in [0.29, 0.717) is 12.2 Å². The van der Waals surface area contributed by atoms with E-state index in [9.17, 15) is 9.18 Å². The standard InChI is InChI=1S/C16H15FO3/c1-11(19)16-14(17)3-2-4-15(16)20-13-7-5-12(6-8-13)9-10-18/h2-8,18H,9-10H2,1H3. The number of benzene rings is 2. The van der Waals surface area contributed by atoms with Crippen LogP contribution in [0.4, 0.5) is 4.39 Å². The van der Waals surface area contributed by atoms with Gasteiger partial charge in [-0.2, -0.15) is 0 Å². The molecule has 0 bridgehead atoms. The maximum absolute atomic E-state index is 13.6. The Labute approximate surface area is 116 Å². The van der Waals surface area contributed by atoms with E-state index in [0.717, 1.165) is 5.56 Å². The lowest BCUT2D eigenvalue weighted by molar-refractivity contribution is 0.101. The first-order chi connectivity index (χ1) is 9.61. The van der Waals surface area contributed by atoms with Crippen LogP contribution in [-0.4, -0.2) is 17.5 Å². The Morgan fingerprint density at radius 2 is 1.90 bits per heavy atom. The third kappa shape index (κ3) is 3.22. The molecule has 2 aromatic carbocycles. The first-order valence-electron chi connectivity index (χ1n) is 6.29. The van der Waals surface area contributed by atoms with E-state index in [1.165, 1.54) is 19.1 Å². The van der Waals surface area contributed by atoms with Crippen LogP contribution in [0.15, 0.2) is 42.5 Å². The Morgan fingerprint density at radius 3 is 2.50 bits per heavy atom. The molecule has 0 atom stereocenters. The van der Waals surface area contributed by atoms with E-state index in [1.54, 1.807) is 18.2 Å². The van der Waals surface area contributed by atoms with Crippen molar-refractivity contribution in [2.75, 3.05) is 6.61 Å². The summed E-state index contributed by atoms with van der Waals surface area (Å²) in [6, 6.07) is 11.4. The van der Waals surface area contributed by atoms with Gasteiger partial charge in [-0.3, -0.25) is 4.79 Å². The molecule has 0 aliphatic heterocycles. The Morgan fingerprint density at radius 1 is 1.20 bits per heavy atom. The molecule has 0 saturated heterocycles. The highest BCUT2D eigenvalue weighted by molar-refractivity contribution is 5.97. The van der Waals surface area contributed by atoms with E-state index in [1.807, 2.05) is 12.1 Å². The molecular weight excluding hydrogens is 259 g/mol. The summed E-state index contributed by atoms with van der Waals surface area (Å²) in [4.78, 5) is 11.5. The molecule has 0 aromatic heterocycles. The summed E-state index contributed by atoms with van der Waals surface area (Å²) in [7, 11) is 0. The minimum absolute atomic E-state index is 0.0491. The van der Waals surface area contributed by atoms with Crippen molar-refractivity contribution < 1.29 is 19.0 Å². The van der Waals surface area contributed by atoms with Gasteiger partial charge < -0.3 is 9.84 Å². The van der Waals surface area contributed by atoms with Crippen molar-refractivity contribution in [2.45, 2.75) is 13.3 Å². The summed E-state index contributed by atoms with van der Waals surface area (Å²) >= 11 is 0. The van der Waals surface area contributed by atoms with Gasteiger partial charge in [0.1, 0.15) is 17.3 Å². The maximum atomic E-state index is 13.6. The second kappa shape index (κ2) is 6.30. The number of hydrogen-bond donors (Lipinski definition) is 1. The predicted octanol–water partition coefficient (Wildman–Crippen LogP) is 3.36. The van der Waals surface area contributed by atoms with Crippen LogP contribution in [-0.2, 0) is 6.42 Å². The van der Waals surface area contributed by atoms with E-state index in [-0.39, 0.29) is 23.7 Å².